The summed E-state index contributed by atoms with van der Waals surface area (Å²) in [6, 6.07) is -0.144. The number of ether oxygens (including phenoxy) is 1. The molecule has 2 unspecified atom stereocenters. The van der Waals surface area contributed by atoms with Crippen molar-refractivity contribution in [1.29, 1.82) is 0 Å². The van der Waals surface area contributed by atoms with E-state index < -0.39 is 5.97 Å². The SMILES string of the molecule is CC(CCNC(=O)NCCC1CCOC1)CCC(=O)O. The summed E-state index contributed by atoms with van der Waals surface area (Å²) >= 11 is 0. The largest absolute Gasteiger partial charge is 0.481 e. The lowest BCUT2D eigenvalue weighted by Gasteiger charge is -2.12. The Morgan fingerprint density at radius 3 is 2.70 bits per heavy atom. The Bertz CT molecular complexity index is 304. The highest BCUT2D eigenvalue weighted by Gasteiger charge is 2.15. The number of amides is 2. The predicted molar refractivity (Wildman–Crippen MR) is 75.6 cm³/mol. The van der Waals surface area contributed by atoms with Gasteiger partial charge in [-0.2, -0.15) is 0 Å². The fourth-order valence-corrected chi connectivity index (χ4v) is 2.21. The van der Waals surface area contributed by atoms with Crippen molar-refractivity contribution in [2.24, 2.45) is 11.8 Å². The van der Waals surface area contributed by atoms with Gasteiger partial charge in [0.15, 0.2) is 0 Å². The van der Waals surface area contributed by atoms with E-state index in [1.54, 1.807) is 0 Å². The molecule has 0 aliphatic carbocycles. The smallest absolute Gasteiger partial charge is 0.314 e. The quantitative estimate of drug-likeness (QED) is 0.601. The minimum absolute atomic E-state index is 0.144. The number of hydrogen-bond donors (Lipinski definition) is 3. The second-order valence-corrected chi connectivity index (χ2v) is 5.53. The van der Waals surface area contributed by atoms with E-state index in [-0.39, 0.29) is 12.5 Å². The van der Waals surface area contributed by atoms with Gasteiger partial charge in [-0.3, -0.25) is 4.79 Å². The molecule has 0 radical (unpaired) electrons. The second kappa shape index (κ2) is 9.58. The molecule has 6 heteroatoms. The third-order valence-electron chi connectivity index (χ3n) is 3.64. The van der Waals surface area contributed by atoms with Crippen molar-refractivity contribution in [2.75, 3.05) is 26.3 Å². The molecule has 20 heavy (non-hydrogen) atoms. The zero-order valence-corrected chi connectivity index (χ0v) is 12.2. The predicted octanol–water partition coefficient (Wildman–Crippen LogP) is 1.60. The van der Waals surface area contributed by atoms with Gasteiger partial charge in [0.2, 0.25) is 0 Å². The summed E-state index contributed by atoms with van der Waals surface area (Å²) in [7, 11) is 0. The van der Waals surface area contributed by atoms with Gasteiger partial charge >= 0.3 is 12.0 Å². The maximum Gasteiger partial charge on any atom is 0.314 e. The number of aliphatic carboxylic acids is 1. The van der Waals surface area contributed by atoms with Crippen LogP contribution in [0.4, 0.5) is 4.79 Å². The summed E-state index contributed by atoms with van der Waals surface area (Å²) in [4.78, 5) is 21.9. The number of hydrogen-bond acceptors (Lipinski definition) is 3. The summed E-state index contributed by atoms with van der Waals surface area (Å²) in [6.07, 6.45) is 3.70. The average molecular weight is 286 g/mol. The van der Waals surface area contributed by atoms with Crippen molar-refractivity contribution in [2.45, 2.75) is 39.0 Å². The van der Waals surface area contributed by atoms with Crippen LogP contribution in [-0.4, -0.2) is 43.4 Å². The number of nitrogens with one attached hydrogen (secondary N) is 2. The first-order chi connectivity index (χ1) is 9.58. The number of carboxylic acid groups (broad SMARTS) is 1. The minimum atomic E-state index is -0.765. The van der Waals surface area contributed by atoms with Gasteiger partial charge in [-0.1, -0.05) is 6.92 Å². The standard InChI is InChI=1S/C14H26N2O4/c1-11(2-3-13(17)18)4-7-15-14(19)16-8-5-12-6-9-20-10-12/h11-12H,2-10H2,1H3,(H,17,18)(H2,15,16,19). The van der Waals surface area contributed by atoms with Crippen LogP contribution in [0.15, 0.2) is 0 Å². The first-order valence-corrected chi connectivity index (χ1v) is 7.39. The molecule has 0 spiro atoms. The molecule has 1 saturated heterocycles. The lowest BCUT2D eigenvalue weighted by Crippen LogP contribution is -2.37. The molecular weight excluding hydrogens is 260 g/mol. The van der Waals surface area contributed by atoms with Gasteiger partial charge in [0.1, 0.15) is 0 Å². The number of carbonyl (C=O) groups excluding carboxylic acids is 1. The summed E-state index contributed by atoms with van der Waals surface area (Å²) < 4.78 is 5.28. The Labute approximate surface area is 120 Å². The van der Waals surface area contributed by atoms with Crippen LogP contribution in [0, 0.1) is 11.8 Å². The summed E-state index contributed by atoms with van der Waals surface area (Å²) in [6.45, 7) is 4.91. The van der Waals surface area contributed by atoms with Crippen molar-refractivity contribution in [3.05, 3.63) is 0 Å². The summed E-state index contributed by atoms with van der Waals surface area (Å²) in [5, 5.41) is 14.2. The van der Waals surface area contributed by atoms with Crippen LogP contribution >= 0.6 is 0 Å². The van der Waals surface area contributed by atoms with E-state index in [0.29, 0.717) is 31.3 Å². The van der Waals surface area contributed by atoms with Gasteiger partial charge in [-0.05, 0) is 37.5 Å². The van der Waals surface area contributed by atoms with Crippen LogP contribution in [0.3, 0.4) is 0 Å². The molecule has 0 aromatic heterocycles. The summed E-state index contributed by atoms with van der Waals surface area (Å²) in [5.74, 6) is 0.117. The molecule has 3 N–H and O–H groups in total. The normalized spacial score (nSPS) is 19.6. The van der Waals surface area contributed by atoms with Crippen LogP contribution in [-0.2, 0) is 9.53 Å². The van der Waals surface area contributed by atoms with E-state index in [1.165, 1.54) is 0 Å². The fourth-order valence-electron chi connectivity index (χ4n) is 2.21. The van der Waals surface area contributed by atoms with E-state index in [4.69, 9.17) is 9.84 Å². The Hall–Kier alpha value is -1.30. The number of urea groups is 1. The third-order valence-corrected chi connectivity index (χ3v) is 3.64. The highest BCUT2D eigenvalue weighted by Crippen LogP contribution is 2.15. The molecule has 2 atom stereocenters. The van der Waals surface area contributed by atoms with E-state index >= 15 is 0 Å². The molecular formula is C14H26N2O4. The van der Waals surface area contributed by atoms with Crippen LogP contribution in [0.25, 0.3) is 0 Å². The minimum Gasteiger partial charge on any atom is -0.481 e. The average Bonchev–Trinajstić information content (AvgIpc) is 2.89. The second-order valence-electron chi connectivity index (χ2n) is 5.53. The molecule has 1 fully saturated rings. The topological polar surface area (TPSA) is 87.7 Å². The molecule has 116 valence electrons. The van der Waals surface area contributed by atoms with Crippen molar-refractivity contribution < 1.29 is 19.4 Å². The van der Waals surface area contributed by atoms with Crippen LogP contribution in [0.5, 0.6) is 0 Å². The molecule has 1 rings (SSSR count). The first-order valence-electron chi connectivity index (χ1n) is 7.39. The van der Waals surface area contributed by atoms with Crippen molar-refractivity contribution in [3.63, 3.8) is 0 Å². The van der Waals surface area contributed by atoms with Crippen molar-refractivity contribution in [1.82, 2.24) is 10.6 Å². The number of rotatable bonds is 9. The molecule has 0 bridgehead atoms. The van der Waals surface area contributed by atoms with Gasteiger partial charge in [-0.25, -0.2) is 4.79 Å². The molecule has 6 nitrogen and oxygen atoms in total. The van der Waals surface area contributed by atoms with Crippen LogP contribution in [0.2, 0.25) is 0 Å². The third kappa shape index (κ3) is 7.99. The van der Waals surface area contributed by atoms with Gasteiger partial charge < -0.3 is 20.5 Å². The molecule has 0 saturated carbocycles. The fraction of sp³-hybridized carbons (Fsp3) is 0.857. The Morgan fingerprint density at radius 2 is 2.05 bits per heavy atom. The zero-order valence-electron chi connectivity index (χ0n) is 12.2. The van der Waals surface area contributed by atoms with Gasteiger partial charge in [0.05, 0.1) is 0 Å². The summed E-state index contributed by atoms with van der Waals surface area (Å²) in [5.41, 5.74) is 0. The Balaban J connectivity index is 1.95. The maximum atomic E-state index is 11.5. The van der Waals surface area contributed by atoms with Crippen LogP contribution in [0.1, 0.15) is 39.0 Å². The van der Waals surface area contributed by atoms with Crippen LogP contribution < -0.4 is 10.6 Å². The molecule has 2 amide bonds. The van der Waals surface area contributed by atoms with E-state index in [0.717, 1.165) is 32.5 Å². The van der Waals surface area contributed by atoms with Crippen molar-refractivity contribution in [3.8, 4) is 0 Å². The van der Waals surface area contributed by atoms with E-state index in [2.05, 4.69) is 10.6 Å². The van der Waals surface area contributed by atoms with Crippen molar-refractivity contribution >= 4 is 12.0 Å². The molecule has 1 aliphatic heterocycles. The molecule has 1 aliphatic rings. The molecule has 1 heterocycles. The zero-order chi connectivity index (χ0) is 14.8. The lowest BCUT2D eigenvalue weighted by atomic mass is 10.0. The van der Waals surface area contributed by atoms with Gasteiger partial charge in [0, 0.05) is 32.7 Å². The number of carboxylic acids is 1. The monoisotopic (exact) mass is 286 g/mol. The van der Waals surface area contributed by atoms with Gasteiger partial charge in [-0.15, -0.1) is 0 Å². The Morgan fingerprint density at radius 1 is 1.30 bits per heavy atom. The highest BCUT2D eigenvalue weighted by molar-refractivity contribution is 5.73. The maximum absolute atomic E-state index is 11.5. The van der Waals surface area contributed by atoms with E-state index in [9.17, 15) is 9.59 Å². The molecule has 0 aromatic carbocycles. The van der Waals surface area contributed by atoms with E-state index in [1.807, 2.05) is 6.92 Å². The highest BCUT2D eigenvalue weighted by atomic mass is 16.5. The first kappa shape index (κ1) is 16.8. The van der Waals surface area contributed by atoms with Gasteiger partial charge in [0.25, 0.3) is 0 Å². The lowest BCUT2D eigenvalue weighted by molar-refractivity contribution is -0.137. The number of carbonyl (C=O) groups is 2. The Kier molecular flexibility index (Phi) is 8.02. The molecule has 0 aromatic rings.